The molecule has 0 atom stereocenters. The normalized spacial score (nSPS) is 17.3. The molecule has 1 aliphatic rings. The quantitative estimate of drug-likeness (QED) is 0.765. The lowest BCUT2D eigenvalue weighted by molar-refractivity contribution is 0.332. The van der Waals surface area contributed by atoms with Crippen molar-refractivity contribution < 1.29 is 0 Å². The van der Waals surface area contributed by atoms with Gasteiger partial charge in [-0.15, -0.1) is 0 Å². The molecule has 0 bridgehead atoms. The molecule has 16 heavy (non-hydrogen) atoms. The minimum atomic E-state index is -0.458. The molecule has 0 aliphatic heterocycles. The molecule has 0 unspecified atom stereocenters. The Labute approximate surface area is 92.7 Å². The van der Waals surface area contributed by atoms with Crippen LogP contribution in [0.15, 0.2) is 9.59 Å². The molecule has 1 aromatic rings. The van der Waals surface area contributed by atoms with Gasteiger partial charge in [-0.2, -0.15) is 4.98 Å². The molecule has 2 N–H and O–H groups in total. The van der Waals surface area contributed by atoms with Gasteiger partial charge in [0.2, 0.25) is 5.95 Å². The van der Waals surface area contributed by atoms with Crippen molar-refractivity contribution in [3.05, 3.63) is 21.0 Å². The van der Waals surface area contributed by atoms with Gasteiger partial charge in [-0.05, 0) is 12.8 Å². The standard InChI is InChI=1S/C10H16N4O2/c1-11-8-12-9(15)14(10(16)13-8)7-5-3-2-4-6-7/h7H,2-6H2,1H3,(H2,11,12,13,15,16). The van der Waals surface area contributed by atoms with Crippen LogP contribution in [0.25, 0.3) is 0 Å². The first-order chi connectivity index (χ1) is 7.72. The summed E-state index contributed by atoms with van der Waals surface area (Å²) in [5, 5.41) is 2.66. The monoisotopic (exact) mass is 224 g/mol. The van der Waals surface area contributed by atoms with E-state index in [1.54, 1.807) is 7.05 Å². The van der Waals surface area contributed by atoms with Gasteiger partial charge in [0.05, 0.1) is 0 Å². The summed E-state index contributed by atoms with van der Waals surface area (Å²) in [6.45, 7) is 0. The number of hydrogen-bond acceptors (Lipinski definition) is 4. The van der Waals surface area contributed by atoms with Crippen LogP contribution >= 0.6 is 0 Å². The van der Waals surface area contributed by atoms with E-state index in [2.05, 4.69) is 15.3 Å². The number of rotatable bonds is 2. The number of nitrogens with one attached hydrogen (secondary N) is 2. The maximum Gasteiger partial charge on any atom is 0.355 e. The molecular formula is C10H16N4O2. The zero-order valence-corrected chi connectivity index (χ0v) is 9.32. The molecule has 0 aromatic carbocycles. The lowest BCUT2D eigenvalue weighted by Gasteiger charge is -2.22. The summed E-state index contributed by atoms with van der Waals surface area (Å²) < 4.78 is 1.25. The molecule has 0 amide bonds. The molecule has 1 heterocycles. The molecular weight excluding hydrogens is 208 g/mol. The van der Waals surface area contributed by atoms with Gasteiger partial charge in [-0.3, -0.25) is 4.98 Å². The van der Waals surface area contributed by atoms with E-state index in [1.807, 2.05) is 0 Å². The van der Waals surface area contributed by atoms with Crippen molar-refractivity contribution >= 4 is 5.95 Å². The number of anilines is 1. The van der Waals surface area contributed by atoms with Crippen LogP contribution in [0.2, 0.25) is 0 Å². The minimum absolute atomic E-state index is 0.0170. The molecule has 1 saturated carbocycles. The zero-order valence-electron chi connectivity index (χ0n) is 9.32. The van der Waals surface area contributed by atoms with E-state index < -0.39 is 5.69 Å². The highest BCUT2D eigenvalue weighted by atomic mass is 16.2. The van der Waals surface area contributed by atoms with Crippen LogP contribution in [-0.2, 0) is 0 Å². The fraction of sp³-hybridized carbons (Fsp3) is 0.700. The second-order valence-corrected chi connectivity index (χ2v) is 4.08. The summed E-state index contributed by atoms with van der Waals surface area (Å²) in [6, 6.07) is 0.0170. The van der Waals surface area contributed by atoms with E-state index in [9.17, 15) is 9.59 Å². The molecule has 1 fully saturated rings. The van der Waals surface area contributed by atoms with Crippen LogP contribution < -0.4 is 16.7 Å². The van der Waals surface area contributed by atoms with E-state index in [4.69, 9.17) is 0 Å². The molecule has 2 rings (SSSR count). The maximum atomic E-state index is 11.7. The molecule has 1 aromatic heterocycles. The number of H-pyrrole nitrogens is 1. The van der Waals surface area contributed by atoms with Crippen molar-refractivity contribution in [3.8, 4) is 0 Å². The third-order valence-corrected chi connectivity index (χ3v) is 3.03. The largest absolute Gasteiger partial charge is 0.359 e. The van der Waals surface area contributed by atoms with E-state index in [1.165, 1.54) is 11.0 Å². The highest BCUT2D eigenvalue weighted by Gasteiger charge is 2.19. The Kier molecular flexibility index (Phi) is 3.07. The summed E-state index contributed by atoms with van der Waals surface area (Å²) in [4.78, 5) is 29.8. The van der Waals surface area contributed by atoms with Crippen molar-refractivity contribution in [3.63, 3.8) is 0 Å². The average molecular weight is 224 g/mol. The second-order valence-electron chi connectivity index (χ2n) is 4.08. The molecule has 0 saturated heterocycles. The number of nitrogens with zero attached hydrogens (tertiary/aromatic N) is 2. The Morgan fingerprint density at radius 2 is 2.00 bits per heavy atom. The predicted molar refractivity (Wildman–Crippen MR) is 60.8 cm³/mol. The number of aromatic amines is 1. The Morgan fingerprint density at radius 1 is 1.31 bits per heavy atom. The predicted octanol–water partition coefficient (Wildman–Crippen LogP) is 0.478. The Hall–Kier alpha value is -1.59. The molecule has 6 nitrogen and oxygen atoms in total. The van der Waals surface area contributed by atoms with Crippen molar-refractivity contribution in [2.75, 3.05) is 12.4 Å². The van der Waals surface area contributed by atoms with Crippen LogP contribution in [0.1, 0.15) is 38.1 Å². The van der Waals surface area contributed by atoms with Crippen molar-refractivity contribution in [2.24, 2.45) is 0 Å². The third kappa shape index (κ3) is 2.00. The summed E-state index contributed by atoms with van der Waals surface area (Å²) >= 11 is 0. The van der Waals surface area contributed by atoms with Gasteiger partial charge in [0.25, 0.3) is 0 Å². The first-order valence-corrected chi connectivity index (χ1v) is 5.63. The number of hydrogen-bond donors (Lipinski definition) is 2. The first-order valence-electron chi connectivity index (χ1n) is 5.63. The highest BCUT2D eigenvalue weighted by Crippen LogP contribution is 2.25. The number of aromatic nitrogens is 3. The van der Waals surface area contributed by atoms with Crippen LogP contribution in [0, 0.1) is 0 Å². The van der Waals surface area contributed by atoms with Gasteiger partial charge < -0.3 is 5.32 Å². The van der Waals surface area contributed by atoms with Crippen LogP contribution in [0.4, 0.5) is 5.95 Å². The SMILES string of the molecule is CNc1nc(=O)n(C2CCCCC2)c(=O)[nH]1. The van der Waals surface area contributed by atoms with Gasteiger partial charge in [-0.1, -0.05) is 19.3 Å². The molecule has 6 heteroatoms. The highest BCUT2D eigenvalue weighted by molar-refractivity contribution is 5.18. The fourth-order valence-electron chi connectivity index (χ4n) is 2.21. The Morgan fingerprint density at radius 3 is 2.56 bits per heavy atom. The maximum absolute atomic E-state index is 11.7. The first kappa shape index (κ1) is 10.9. The minimum Gasteiger partial charge on any atom is -0.359 e. The van der Waals surface area contributed by atoms with Gasteiger partial charge >= 0.3 is 11.4 Å². The second kappa shape index (κ2) is 4.51. The van der Waals surface area contributed by atoms with Gasteiger partial charge in [-0.25, -0.2) is 14.2 Å². The van der Waals surface area contributed by atoms with Gasteiger partial charge in [0, 0.05) is 13.1 Å². The summed E-state index contributed by atoms with van der Waals surface area (Å²) in [5.41, 5.74) is -0.823. The Balaban J connectivity index is 2.40. The summed E-state index contributed by atoms with van der Waals surface area (Å²) in [5.74, 6) is 0.224. The van der Waals surface area contributed by atoms with E-state index in [0.29, 0.717) is 0 Å². The van der Waals surface area contributed by atoms with Gasteiger partial charge in [0.1, 0.15) is 0 Å². The summed E-state index contributed by atoms with van der Waals surface area (Å²) in [6.07, 6.45) is 5.12. The fourth-order valence-corrected chi connectivity index (χ4v) is 2.21. The van der Waals surface area contributed by atoms with E-state index in [-0.39, 0.29) is 17.7 Å². The van der Waals surface area contributed by atoms with E-state index >= 15 is 0 Å². The van der Waals surface area contributed by atoms with Crippen LogP contribution in [0.5, 0.6) is 0 Å². The van der Waals surface area contributed by atoms with Crippen LogP contribution in [-0.4, -0.2) is 21.6 Å². The Bertz CT molecular complexity index is 439. The molecule has 1 aliphatic carbocycles. The van der Waals surface area contributed by atoms with Crippen molar-refractivity contribution in [1.29, 1.82) is 0 Å². The lowest BCUT2D eigenvalue weighted by atomic mass is 9.95. The smallest absolute Gasteiger partial charge is 0.355 e. The molecule has 0 radical (unpaired) electrons. The van der Waals surface area contributed by atoms with Crippen molar-refractivity contribution in [1.82, 2.24) is 14.5 Å². The van der Waals surface area contributed by atoms with E-state index in [0.717, 1.165) is 25.7 Å². The molecule has 0 spiro atoms. The third-order valence-electron chi connectivity index (χ3n) is 3.03. The van der Waals surface area contributed by atoms with Crippen molar-refractivity contribution in [2.45, 2.75) is 38.1 Å². The summed E-state index contributed by atoms with van der Waals surface area (Å²) in [7, 11) is 1.61. The average Bonchev–Trinajstić information content (AvgIpc) is 2.29. The zero-order chi connectivity index (χ0) is 11.5. The van der Waals surface area contributed by atoms with Crippen LogP contribution in [0.3, 0.4) is 0 Å². The molecule has 88 valence electrons. The lowest BCUT2D eigenvalue weighted by Crippen LogP contribution is -2.40. The topological polar surface area (TPSA) is 79.8 Å². The van der Waals surface area contributed by atoms with Gasteiger partial charge in [0.15, 0.2) is 0 Å².